The highest BCUT2D eigenvalue weighted by atomic mass is 35.5. The van der Waals surface area contributed by atoms with Gasteiger partial charge < -0.3 is 19.8 Å². The van der Waals surface area contributed by atoms with Gasteiger partial charge in [0.15, 0.2) is 16.9 Å². The summed E-state index contributed by atoms with van der Waals surface area (Å²) in [5, 5.41) is 8.77. The number of nitrogens with zero attached hydrogens (tertiary/aromatic N) is 4. The van der Waals surface area contributed by atoms with Crippen molar-refractivity contribution < 1.29 is 14.3 Å². The molecule has 172 valence electrons. The van der Waals surface area contributed by atoms with Crippen molar-refractivity contribution in [3.8, 4) is 28.6 Å². The minimum absolute atomic E-state index is 0.0532. The molecule has 0 saturated heterocycles. The number of aromatic nitrogens is 5. The summed E-state index contributed by atoms with van der Waals surface area (Å²) >= 11 is 6.08. The van der Waals surface area contributed by atoms with Gasteiger partial charge in [-0.15, -0.1) is 0 Å². The number of rotatable bonds is 5. The number of fused-ring (bicyclic) bond motifs is 2. The number of benzene rings is 2. The molecule has 0 spiro atoms. The second-order valence-electron chi connectivity index (χ2n) is 8.00. The van der Waals surface area contributed by atoms with Gasteiger partial charge in [-0.3, -0.25) is 4.68 Å². The third-order valence-corrected chi connectivity index (χ3v) is 5.29. The summed E-state index contributed by atoms with van der Waals surface area (Å²) in [5.74, 6) is 1.55. The number of carbonyl (C=O) groups excluding carboxylic acids is 1. The molecule has 0 unspecified atom stereocenters. The number of hydrogen-bond acceptors (Lipinski definition) is 6. The first-order valence-corrected chi connectivity index (χ1v) is 11.0. The first kappa shape index (κ1) is 21.7. The molecule has 3 heterocycles. The van der Waals surface area contributed by atoms with Crippen LogP contribution in [0.5, 0.6) is 17.2 Å². The Hall–Kier alpha value is -4.11. The first-order valence-electron chi connectivity index (χ1n) is 10.6. The Kier molecular flexibility index (Phi) is 5.54. The molecular weight excluding hydrogens is 456 g/mol. The van der Waals surface area contributed by atoms with Crippen molar-refractivity contribution in [2.45, 2.75) is 19.9 Å². The van der Waals surface area contributed by atoms with Crippen molar-refractivity contribution in [3.63, 3.8) is 0 Å². The molecule has 0 aliphatic heterocycles. The average Bonchev–Trinajstić information content (AvgIpc) is 3.33. The molecule has 0 atom stereocenters. The third kappa shape index (κ3) is 4.25. The Labute approximate surface area is 199 Å². The summed E-state index contributed by atoms with van der Waals surface area (Å²) in [6.45, 7) is 3.70. The molecule has 2 N–H and O–H groups in total. The standard InChI is InChI=1S/C24H21ClN6O3/c1-13(2)28-24(32)34-20-12-27-23-22(20)29-18(11-26-23)21-17-10-16(7-8-19(17)31(3)30-21)33-15-6-4-5-14(25)9-15/h4-13H,1-3H3,(H,26,27)(H,28,32). The lowest BCUT2D eigenvalue weighted by Gasteiger charge is -2.08. The van der Waals surface area contributed by atoms with E-state index in [9.17, 15) is 4.79 Å². The molecule has 5 rings (SSSR count). The minimum Gasteiger partial charge on any atom is -0.457 e. The Bertz CT molecular complexity index is 1520. The van der Waals surface area contributed by atoms with Crippen LogP contribution in [0.2, 0.25) is 5.02 Å². The van der Waals surface area contributed by atoms with Gasteiger partial charge in [0.25, 0.3) is 0 Å². The lowest BCUT2D eigenvalue weighted by Crippen LogP contribution is -2.32. The molecule has 0 aliphatic rings. The van der Waals surface area contributed by atoms with Gasteiger partial charge >= 0.3 is 6.09 Å². The van der Waals surface area contributed by atoms with Crippen molar-refractivity contribution in [3.05, 3.63) is 59.9 Å². The zero-order valence-electron chi connectivity index (χ0n) is 18.7. The summed E-state index contributed by atoms with van der Waals surface area (Å²) < 4.78 is 13.2. The van der Waals surface area contributed by atoms with Gasteiger partial charge in [-0.25, -0.2) is 14.8 Å². The normalized spacial score (nSPS) is 11.3. The molecule has 0 bridgehead atoms. The van der Waals surface area contributed by atoms with Gasteiger partial charge in [-0.05, 0) is 50.2 Å². The van der Waals surface area contributed by atoms with Crippen LogP contribution >= 0.6 is 11.6 Å². The first-order chi connectivity index (χ1) is 16.4. The zero-order chi connectivity index (χ0) is 23.8. The maximum absolute atomic E-state index is 12.1. The van der Waals surface area contributed by atoms with E-state index < -0.39 is 6.09 Å². The van der Waals surface area contributed by atoms with Gasteiger partial charge in [-0.1, -0.05) is 17.7 Å². The summed E-state index contributed by atoms with van der Waals surface area (Å²) in [5.41, 5.74) is 2.99. The van der Waals surface area contributed by atoms with E-state index in [4.69, 9.17) is 26.1 Å². The lowest BCUT2D eigenvalue weighted by atomic mass is 10.1. The SMILES string of the molecule is CC(C)NC(=O)Oc1c[nH]c2ncc(-c3nn(C)c4ccc(Oc5cccc(Cl)c5)cc34)nc12. The fourth-order valence-electron chi connectivity index (χ4n) is 3.59. The Balaban J connectivity index is 1.53. The maximum atomic E-state index is 12.1. The van der Waals surface area contributed by atoms with Crippen LogP contribution in [0.15, 0.2) is 54.9 Å². The molecule has 2 aromatic carbocycles. The van der Waals surface area contributed by atoms with Crippen molar-refractivity contribution in [2.24, 2.45) is 7.05 Å². The van der Waals surface area contributed by atoms with Gasteiger partial charge in [0.2, 0.25) is 0 Å². The molecule has 1 amide bonds. The van der Waals surface area contributed by atoms with Crippen LogP contribution < -0.4 is 14.8 Å². The van der Waals surface area contributed by atoms with Crippen molar-refractivity contribution in [2.75, 3.05) is 0 Å². The quantitative estimate of drug-likeness (QED) is 0.349. The second kappa shape index (κ2) is 8.68. The Morgan fingerprint density at radius 1 is 1.18 bits per heavy atom. The van der Waals surface area contributed by atoms with E-state index in [1.54, 1.807) is 29.2 Å². The van der Waals surface area contributed by atoms with Crippen LogP contribution in [-0.4, -0.2) is 36.9 Å². The highest BCUT2D eigenvalue weighted by molar-refractivity contribution is 6.30. The van der Waals surface area contributed by atoms with Gasteiger partial charge in [0.05, 0.1) is 11.7 Å². The predicted octanol–water partition coefficient (Wildman–Crippen LogP) is 5.45. The molecule has 0 fully saturated rings. The number of aryl methyl sites for hydroxylation is 1. The smallest absolute Gasteiger partial charge is 0.412 e. The lowest BCUT2D eigenvalue weighted by molar-refractivity contribution is 0.198. The molecule has 10 heteroatoms. The van der Waals surface area contributed by atoms with Crippen LogP contribution in [-0.2, 0) is 7.05 Å². The molecule has 0 aliphatic carbocycles. The van der Waals surface area contributed by atoms with Crippen molar-refractivity contribution in [1.82, 2.24) is 30.0 Å². The van der Waals surface area contributed by atoms with E-state index in [1.807, 2.05) is 51.2 Å². The van der Waals surface area contributed by atoms with E-state index in [2.05, 4.69) is 20.4 Å². The number of nitrogens with one attached hydrogen (secondary N) is 2. The summed E-state index contributed by atoms with van der Waals surface area (Å²) in [6, 6.07) is 12.8. The summed E-state index contributed by atoms with van der Waals surface area (Å²) in [7, 11) is 1.86. The van der Waals surface area contributed by atoms with Crippen molar-refractivity contribution in [1.29, 1.82) is 0 Å². The molecule has 0 radical (unpaired) electrons. The molecule has 3 aromatic heterocycles. The Morgan fingerprint density at radius 3 is 2.79 bits per heavy atom. The van der Waals surface area contributed by atoms with E-state index in [1.165, 1.54) is 0 Å². The predicted molar refractivity (Wildman–Crippen MR) is 129 cm³/mol. The largest absolute Gasteiger partial charge is 0.457 e. The number of H-pyrrole nitrogens is 1. The number of ether oxygens (including phenoxy) is 2. The zero-order valence-corrected chi connectivity index (χ0v) is 19.4. The average molecular weight is 477 g/mol. The molecule has 5 aromatic rings. The third-order valence-electron chi connectivity index (χ3n) is 5.05. The van der Waals surface area contributed by atoms with Crippen LogP contribution in [0.1, 0.15) is 13.8 Å². The van der Waals surface area contributed by atoms with Gasteiger partial charge in [-0.2, -0.15) is 5.10 Å². The van der Waals surface area contributed by atoms with Crippen LogP contribution in [0.25, 0.3) is 33.5 Å². The van der Waals surface area contributed by atoms with Crippen LogP contribution in [0, 0.1) is 0 Å². The topological polar surface area (TPSA) is 107 Å². The number of aromatic amines is 1. The molecule has 0 saturated carbocycles. The van der Waals surface area contributed by atoms with E-state index in [0.717, 1.165) is 10.9 Å². The highest BCUT2D eigenvalue weighted by Gasteiger charge is 2.18. The minimum atomic E-state index is -0.561. The van der Waals surface area contributed by atoms with Gasteiger partial charge in [0, 0.05) is 29.7 Å². The fourth-order valence-corrected chi connectivity index (χ4v) is 3.77. The number of carbonyl (C=O) groups is 1. The maximum Gasteiger partial charge on any atom is 0.412 e. The molecular formula is C24H21ClN6O3. The van der Waals surface area contributed by atoms with E-state index in [-0.39, 0.29) is 11.8 Å². The van der Waals surface area contributed by atoms with Crippen LogP contribution in [0.4, 0.5) is 4.79 Å². The summed E-state index contributed by atoms with van der Waals surface area (Å²) in [4.78, 5) is 24.2. The highest BCUT2D eigenvalue weighted by Crippen LogP contribution is 2.33. The van der Waals surface area contributed by atoms with Crippen LogP contribution in [0.3, 0.4) is 0 Å². The number of amides is 1. The van der Waals surface area contributed by atoms with Crippen molar-refractivity contribution >= 4 is 39.8 Å². The Morgan fingerprint density at radius 2 is 2.00 bits per heavy atom. The van der Waals surface area contributed by atoms with E-state index in [0.29, 0.717) is 39.1 Å². The monoisotopic (exact) mass is 476 g/mol. The number of halogens is 1. The van der Waals surface area contributed by atoms with E-state index >= 15 is 0 Å². The second-order valence-corrected chi connectivity index (χ2v) is 8.44. The summed E-state index contributed by atoms with van der Waals surface area (Å²) in [6.07, 6.45) is 2.62. The molecule has 9 nitrogen and oxygen atoms in total. The fraction of sp³-hybridized carbons (Fsp3) is 0.167. The van der Waals surface area contributed by atoms with Gasteiger partial charge in [0.1, 0.15) is 22.9 Å². The molecule has 34 heavy (non-hydrogen) atoms. The number of hydrogen-bond donors (Lipinski definition) is 2.